The zero-order chi connectivity index (χ0) is 17.5. The SMILES string of the molecule is Cc1ccc(COc2ccc(Cl)cc2CNNc2ccccc2)cc1. The number of aryl methyl sites for hydroxylation is 1. The summed E-state index contributed by atoms with van der Waals surface area (Å²) in [6.45, 7) is 3.20. The first-order valence-electron chi connectivity index (χ1n) is 8.21. The standard InChI is InChI=1S/C21H21ClN2O/c1-16-7-9-17(10-8-16)15-25-21-12-11-19(22)13-18(21)14-23-24-20-5-3-2-4-6-20/h2-13,23-24H,14-15H2,1H3. The van der Waals surface area contributed by atoms with Crippen LogP contribution in [0, 0.1) is 6.92 Å². The summed E-state index contributed by atoms with van der Waals surface area (Å²) >= 11 is 6.14. The normalized spacial score (nSPS) is 10.5. The van der Waals surface area contributed by atoms with Crippen LogP contribution in [0.3, 0.4) is 0 Å². The van der Waals surface area contributed by atoms with Gasteiger partial charge in [-0.05, 0) is 42.8 Å². The second-order valence-corrected chi connectivity index (χ2v) is 6.31. The van der Waals surface area contributed by atoms with Crippen LogP contribution in [0.1, 0.15) is 16.7 Å². The van der Waals surface area contributed by atoms with Crippen molar-refractivity contribution in [1.29, 1.82) is 0 Å². The molecule has 3 rings (SSSR count). The van der Waals surface area contributed by atoms with E-state index in [2.05, 4.69) is 42.0 Å². The topological polar surface area (TPSA) is 33.3 Å². The average molecular weight is 353 g/mol. The molecule has 2 N–H and O–H groups in total. The third kappa shape index (κ3) is 5.24. The fraction of sp³-hybridized carbons (Fsp3) is 0.143. The van der Waals surface area contributed by atoms with Crippen molar-refractivity contribution in [2.75, 3.05) is 5.43 Å². The molecule has 0 bridgehead atoms. The lowest BCUT2D eigenvalue weighted by molar-refractivity contribution is 0.302. The van der Waals surface area contributed by atoms with Crippen molar-refractivity contribution in [1.82, 2.24) is 5.43 Å². The first kappa shape index (κ1) is 17.3. The van der Waals surface area contributed by atoms with E-state index in [1.165, 1.54) is 5.56 Å². The Labute approximate surface area is 153 Å². The molecule has 0 amide bonds. The first-order chi connectivity index (χ1) is 12.2. The molecule has 0 aromatic heterocycles. The minimum atomic E-state index is 0.529. The third-order valence-corrected chi connectivity index (χ3v) is 4.06. The van der Waals surface area contributed by atoms with E-state index in [1.807, 2.05) is 48.5 Å². The van der Waals surface area contributed by atoms with Crippen LogP contribution < -0.4 is 15.6 Å². The van der Waals surface area contributed by atoms with Crippen molar-refractivity contribution in [3.8, 4) is 5.75 Å². The molecule has 0 aliphatic carbocycles. The van der Waals surface area contributed by atoms with Gasteiger partial charge in [0.25, 0.3) is 0 Å². The smallest absolute Gasteiger partial charge is 0.124 e. The van der Waals surface area contributed by atoms with E-state index in [-0.39, 0.29) is 0 Å². The molecule has 0 fully saturated rings. The molecule has 3 aromatic carbocycles. The lowest BCUT2D eigenvalue weighted by atomic mass is 10.1. The number of nitrogens with one attached hydrogen (secondary N) is 2. The number of benzene rings is 3. The second kappa shape index (κ2) is 8.56. The predicted molar refractivity (Wildman–Crippen MR) is 104 cm³/mol. The van der Waals surface area contributed by atoms with Gasteiger partial charge in [0, 0.05) is 22.8 Å². The van der Waals surface area contributed by atoms with Crippen molar-refractivity contribution < 1.29 is 4.74 Å². The summed E-state index contributed by atoms with van der Waals surface area (Å²) in [6, 6.07) is 24.0. The summed E-state index contributed by atoms with van der Waals surface area (Å²) in [5.41, 5.74) is 10.8. The minimum Gasteiger partial charge on any atom is -0.489 e. The maximum Gasteiger partial charge on any atom is 0.124 e. The third-order valence-electron chi connectivity index (χ3n) is 3.82. The van der Waals surface area contributed by atoms with Gasteiger partial charge in [0.15, 0.2) is 0 Å². The summed E-state index contributed by atoms with van der Waals surface area (Å²) in [5, 5.41) is 0.694. The molecule has 0 spiro atoms. The molecule has 0 aliphatic rings. The number of para-hydroxylation sites is 1. The fourth-order valence-corrected chi connectivity index (χ4v) is 2.63. The van der Waals surface area contributed by atoms with E-state index in [4.69, 9.17) is 16.3 Å². The summed E-state index contributed by atoms with van der Waals surface area (Å²) in [4.78, 5) is 0. The van der Waals surface area contributed by atoms with Gasteiger partial charge in [-0.15, -0.1) is 0 Å². The zero-order valence-electron chi connectivity index (χ0n) is 14.1. The van der Waals surface area contributed by atoms with E-state index in [9.17, 15) is 0 Å². The highest BCUT2D eigenvalue weighted by atomic mass is 35.5. The highest BCUT2D eigenvalue weighted by Gasteiger charge is 2.06. The number of halogens is 1. The number of hydrogen-bond donors (Lipinski definition) is 2. The van der Waals surface area contributed by atoms with Crippen LogP contribution in [0.4, 0.5) is 5.69 Å². The van der Waals surface area contributed by atoms with Gasteiger partial charge in [0.05, 0.1) is 0 Å². The molecule has 0 unspecified atom stereocenters. The summed E-state index contributed by atoms with van der Waals surface area (Å²) in [7, 11) is 0. The van der Waals surface area contributed by atoms with Crippen molar-refractivity contribution in [2.24, 2.45) is 0 Å². The molecule has 0 saturated carbocycles. The van der Waals surface area contributed by atoms with Gasteiger partial charge in [-0.1, -0.05) is 59.6 Å². The van der Waals surface area contributed by atoms with Gasteiger partial charge < -0.3 is 10.2 Å². The Morgan fingerprint density at radius 2 is 1.68 bits per heavy atom. The van der Waals surface area contributed by atoms with Crippen LogP contribution in [-0.2, 0) is 13.2 Å². The lowest BCUT2D eigenvalue weighted by Gasteiger charge is -2.14. The largest absolute Gasteiger partial charge is 0.489 e. The molecule has 25 heavy (non-hydrogen) atoms. The Bertz CT molecular complexity index is 804. The van der Waals surface area contributed by atoms with Gasteiger partial charge in [-0.2, -0.15) is 0 Å². The van der Waals surface area contributed by atoms with Crippen LogP contribution in [0.2, 0.25) is 5.02 Å². The van der Waals surface area contributed by atoms with Gasteiger partial charge in [0.2, 0.25) is 0 Å². The minimum absolute atomic E-state index is 0.529. The Hall–Kier alpha value is -2.49. The molecular weight excluding hydrogens is 332 g/mol. The van der Waals surface area contributed by atoms with E-state index in [0.717, 1.165) is 22.6 Å². The van der Waals surface area contributed by atoms with Crippen molar-refractivity contribution in [2.45, 2.75) is 20.1 Å². The number of hydrogen-bond acceptors (Lipinski definition) is 3. The molecule has 0 heterocycles. The molecule has 128 valence electrons. The van der Waals surface area contributed by atoms with Gasteiger partial charge in [-0.3, -0.25) is 0 Å². The zero-order valence-corrected chi connectivity index (χ0v) is 14.9. The highest BCUT2D eigenvalue weighted by Crippen LogP contribution is 2.24. The van der Waals surface area contributed by atoms with Crippen LogP contribution >= 0.6 is 11.6 Å². The van der Waals surface area contributed by atoms with Crippen molar-refractivity contribution in [3.63, 3.8) is 0 Å². The van der Waals surface area contributed by atoms with Gasteiger partial charge >= 0.3 is 0 Å². The van der Waals surface area contributed by atoms with Crippen molar-refractivity contribution in [3.05, 3.63) is 94.5 Å². The molecule has 0 aliphatic heterocycles. The summed E-state index contributed by atoms with van der Waals surface area (Å²) in [5.74, 6) is 0.826. The number of anilines is 1. The van der Waals surface area contributed by atoms with Crippen LogP contribution in [0.5, 0.6) is 5.75 Å². The van der Waals surface area contributed by atoms with E-state index < -0.39 is 0 Å². The fourth-order valence-electron chi connectivity index (χ4n) is 2.44. The second-order valence-electron chi connectivity index (χ2n) is 5.87. The molecule has 4 heteroatoms. The molecule has 0 saturated heterocycles. The van der Waals surface area contributed by atoms with E-state index in [1.54, 1.807) is 0 Å². The van der Waals surface area contributed by atoms with Crippen LogP contribution in [0.25, 0.3) is 0 Å². The number of hydrazine groups is 1. The molecule has 3 aromatic rings. The van der Waals surface area contributed by atoms with Crippen LogP contribution in [-0.4, -0.2) is 0 Å². The molecule has 0 radical (unpaired) electrons. The summed E-state index contributed by atoms with van der Waals surface area (Å²) in [6.07, 6.45) is 0. The Morgan fingerprint density at radius 3 is 2.44 bits per heavy atom. The monoisotopic (exact) mass is 352 g/mol. The molecular formula is C21H21ClN2O. The quantitative estimate of drug-likeness (QED) is 0.563. The molecule has 3 nitrogen and oxygen atoms in total. The maximum absolute atomic E-state index is 6.14. The Balaban J connectivity index is 1.62. The molecule has 0 atom stereocenters. The maximum atomic E-state index is 6.14. The lowest BCUT2D eigenvalue weighted by Crippen LogP contribution is -2.21. The summed E-state index contributed by atoms with van der Waals surface area (Å²) < 4.78 is 5.99. The highest BCUT2D eigenvalue weighted by molar-refractivity contribution is 6.30. The number of rotatable bonds is 7. The predicted octanol–water partition coefficient (Wildman–Crippen LogP) is 5.34. The van der Waals surface area contributed by atoms with Gasteiger partial charge in [0.1, 0.15) is 12.4 Å². The van der Waals surface area contributed by atoms with Gasteiger partial charge in [-0.25, -0.2) is 5.43 Å². The van der Waals surface area contributed by atoms with E-state index in [0.29, 0.717) is 18.2 Å². The van der Waals surface area contributed by atoms with Crippen molar-refractivity contribution >= 4 is 17.3 Å². The average Bonchev–Trinajstić information content (AvgIpc) is 2.63. The first-order valence-corrected chi connectivity index (χ1v) is 8.59. The van der Waals surface area contributed by atoms with E-state index >= 15 is 0 Å². The number of ether oxygens (including phenoxy) is 1. The Kier molecular flexibility index (Phi) is 5.94. The Morgan fingerprint density at radius 1 is 0.920 bits per heavy atom. The van der Waals surface area contributed by atoms with Crippen LogP contribution in [0.15, 0.2) is 72.8 Å².